The molecule has 1 heterocycles. The highest BCUT2D eigenvalue weighted by atomic mass is 35.5. The number of fused-ring (bicyclic) bond motifs is 1. The Kier molecular flexibility index (Phi) is 5.82. The number of amides is 1. The number of carbonyl (C=O) groups excluding carboxylic acids is 1. The van der Waals surface area contributed by atoms with Crippen molar-refractivity contribution < 1.29 is 4.79 Å². The molecule has 0 saturated carbocycles. The Morgan fingerprint density at radius 2 is 1.92 bits per heavy atom. The first-order chi connectivity index (χ1) is 12.4. The van der Waals surface area contributed by atoms with E-state index in [2.05, 4.69) is 0 Å². The summed E-state index contributed by atoms with van der Waals surface area (Å²) in [5, 5.41) is 1.52. The Bertz CT molecular complexity index is 955. The fraction of sp³-hybridized carbons (Fsp3) is 0.263. The smallest absolute Gasteiger partial charge is 0.261 e. The van der Waals surface area contributed by atoms with Gasteiger partial charge in [-0.1, -0.05) is 46.7 Å². The third kappa shape index (κ3) is 4.01. The molecule has 7 heteroatoms. The number of halogens is 2. The molecular weight excluding hydrogens is 389 g/mol. The normalized spacial score (nSPS) is 11.3. The molecular formula is C19H19Cl2N3OS. The van der Waals surface area contributed by atoms with Crippen LogP contribution in [0, 0.1) is 6.92 Å². The van der Waals surface area contributed by atoms with Crippen LogP contribution >= 0.6 is 34.5 Å². The quantitative estimate of drug-likeness (QED) is 0.588. The molecule has 1 amide bonds. The number of hydrogen-bond acceptors (Lipinski definition) is 4. The molecule has 0 spiro atoms. The first-order valence-electron chi connectivity index (χ1n) is 8.14. The van der Waals surface area contributed by atoms with Gasteiger partial charge in [0, 0.05) is 18.1 Å². The maximum Gasteiger partial charge on any atom is 0.261 e. The van der Waals surface area contributed by atoms with Gasteiger partial charge >= 0.3 is 0 Å². The number of carbonyl (C=O) groups is 1. The molecule has 136 valence electrons. The van der Waals surface area contributed by atoms with E-state index in [-0.39, 0.29) is 5.91 Å². The Hall–Kier alpha value is -1.66. The predicted octanol–water partition coefficient (Wildman–Crippen LogP) is 5.12. The second-order valence-electron chi connectivity index (χ2n) is 6.30. The first kappa shape index (κ1) is 19.1. The van der Waals surface area contributed by atoms with Crippen LogP contribution in [0.15, 0.2) is 36.4 Å². The molecule has 0 atom stereocenters. The zero-order chi connectivity index (χ0) is 18.8. The van der Waals surface area contributed by atoms with Gasteiger partial charge in [-0.05, 0) is 50.8 Å². The number of benzene rings is 2. The van der Waals surface area contributed by atoms with Gasteiger partial charge in [0.15, 0.2) is 5.13 Å². The van der Waals surface area contributed by atoms with Crippen molar-refractivity contribution in [3.63, 3.8) is 0 Å². The molecule has 2 aromatic carbocycles. The first-order valence-corrected chi connectivity index (χ1v) is 9.72. The number of rotatable bonds is 5. The second-order valence-corrected chi connectivity index (χ2v) is 8.16. The number of aromatic nitrogens is 1. The van der Waals surface area contributed by atoms with Crippen LogP contribution in [0.1, 0.15) is 15.9 Å². The monoisotopic (exact) mass is 407 g/mol. The molecule has 3 aromatic rings. The van der Waals surface area contributed by atoms with Crippen LogP contribution in [-0.4, -0.2) is 43.0 Å². The maximum absolute atomic E-state index is 13.2. The number of aryl methyl sites for hydroxylation is 1. The second kappa shape index (κ2) is 7.92. The Balaban J connectivity index is 2.04. The van der Waals surface area contributed by atoms with Crippen molar-refractivity contribution in [2.24, 2.45) is 0 Å². The number of hydrogen-bond donors (Lipinski definition) is 0. The third-order valence-electron chi connectivity index (χ3n) is 4.02. The predicted molar refractivity (Wildman–Crippen MR) is 111 cm³/mol. The Morgan fingerprint density at radius 1 is 1.15 bits per heavy atom. The van der Waals surface area contributed by atoms with Crippen LogP contribution in [-0.2, 0) is 0 Å². The van der Waals surface area contributed by atoms with Crippen LogP contribution < -0.4 is 4.90 Å². The van der Waals surface area contributed by atoms with E-state index in [1.54, 1.807) is 23.1 Å². The Morgan fingerprint density at radius 3 is 2.62 bits per heavy atom. The van der Waals surface area contributed by atoms with E-state index in [0.29, 0.717) is 33.8 Å². The minimum Gasteiger partial charge on any atom is -0.308 e. The molecule has 0 radical (unpaired) electrons. The van der Waals surface area contributed by atoms with Gasteiger partial charge in [-0.15, -0.1) is 0 Å². The maximum atomic E-state index is 13.2. The summed E-state index contributed by atoms with van der Waals surface area (Å²) in [7, 11) is 3.94. The number of para-hydroxylation sites is 1. The molecule has 0 bridgehead atoms. The summed E-state index contributed by atoms with van der Waals surface area (Å²) in [6, 6.07) is 11.0. The fourth-order valence-electron chi connectivity index (χ4n) is 2.58. The van der Waals surface area contributed by atoms with E-state index < -0.39 is 0 Å². The zero-order valence-corrected chi connectivity index (χ0v) is 17.1. The van der Waals surface area contributed by atoms with Gasteiger partial charge in [-0.25, -0.2) is 4.98 Å². The van der Waals surface area contributed by atoms with E-state index in [0.717, 1.165) is 15.8 Å². The molecule has 0 saturated heterocycles. The average Bonchev–Trinajstić information content (AvgIpc) is 3.02. The lowest BCUT2D eigenvalue weighted by atomic mass is 10.2. The average molecular weight is 408 g/mol. The molecule has 0 unspecified atom stereocenters. The van der Waals surface area contributed by atoms with Crippen molar-refractivity contribution >= 4 is 55.8 Å². The van der Waals surface area contributed by atoms with Crippen molar-refractivity contribution in [3.8, 4) is 0 Å². The highest BCUT2D eigenvalue weighted by Crippen LogP contribution is 2.32. The summed E-state index contributed by atoms with van der Waals surface area (Å²) in [5.74, 6) is -0.198. The third-order valence-corrected chi connectivity index (χ3v) is 5.62. The van der Waals surface area contributed by atoms with Gasteiger partial charge < -0.3 is 4.90 Å². The summed E-state index contributed by atoms with van der Waals surface area (Å²) in [6.45, 7) is 3.23. The van der Waals surface area contributed by atoms with Gasteiger partial charge in [0.05, 0.1) is 20.8 Å². The van der Waals surface area contributed by atoms with Gasteiger partial charge in [-0.3, -0.25) is 9.69 Å². The number of likely N-dealkylation sites (N-methyl/N-ethyl adjacent to an activating group) is 1. The SMILES string of the molecule is Cc1cccc2sc(N(CCN(C)C)C(=O)c3cc(Cl)ccc3Cl)nc12. The van der Waals surface area contributed by atoms with E-state index in [1.807, 2.05) is 44.1 Å². The van der Waals surface area contributed by atoms with Crippen molar-refractivity contribution in [1.29, 1.82) is 0 Å². The molecule has 1 aromatic heterocycles. The van der Waals surface area contributed by atoms with Gasteiger partial charge in [0.2, 0.25) is 0 Å². The molecule has 4 nitrogen and oxygen atoms in total. The van der Waals surface area contributed by atoms with E-state index in [4.69, 9.17) is 28.2 Å². The minimum absolute atomic E-state index is 0.198. The highest BCUT2D eigenvalue weighted by Gasteiger charge is 2.23. The van der Waals surface area contributed by atoms with Crippen LogP contribution in [0.2, 0.25) is 10.0 Å². The minimum atomic E-state index is -0.198. The van der Waals surface area contributed by atoms with Crippen LogP contribution in [0.5, 0.6) is 0 Å². The van der Waals surface area contributed by atoms with Crippen LogP contribution in [0.4, 0.5) is 5.13 Å². The van der Waals surface area contributed by atoms with Crippen LogP contribution in [0.25, 0.3) is 10.2 Å². The molecule has 0 aliphatic rings. The zero-order valence-electron chi connectivity index (χ0n) is 14.8. The lowest BCUT2D eigenvalue weighted by Gasteiger charge is -2.22. The van der Waals surface area contributed by atoms with Crippen molar-refractivity contribution in [2.45, 2.75) is 6.92 Å². The Labute approximate surface area is 167 Å². The standard InChI is InChI=1S/C19H19Cl2N3OS/c1-12-5-4-6-16-17(12)22-19(26-16)24(10-9-23(2)3)18(25)14-11-13(20)7-8-15(14)21/h4-8,11H,9-10H2,1-3H3. The number of nitrogens with zero attached hydrogens (tertiary/aromatic N) is 3. The van der Waals surface area contributed by atoms with Crippen molar-refractivity contribution in [3.05, 3.63) is 57.6 Å². The van der Waals surface area contributed by atoms with Gasteiger partial charge in [-0.2, -0.15) is 0 Å². The summed E-state index contributed by atoms with van der Waals surface area (Å²) >= 11 is 13.8. The summed E-state index contributed by atoms with van der Waals surface area (Å²) in [6.07, 6.45) is 0. The summed E-state index contributed by atoms with van der Waals surface area (Å²) < 4.78 is 1.06. The summed E-state index contributed by atoms with van der Waals surface area (Å²) in [4.78, 5) is 21.7. The molecule has 0 N–H and O–H groups in total. The summed E-state index contributed by atoms with van der Waals surface area (Å²) in [5.41, 5.74) is 2.40. The molecule has 26 heavy (non-hydrogen) atoms. The topological polar surface area (TPSA) is 36.4 Å². The lowest BCUT2D eigenvalue weighted by molar-refractivity contribution is 0.0985. The van der Waals surface area contributed by atoms with Crippen LogP contribution in [0.3, 0.4) is 0 Å². The van der Waals surface area contributed by atoms with Gasteiger partial charge in [0.25, 0.3) is 5.91 Å². The highest BCUT2D eigenvalue weighted by molar-refractivity contribution is 7.22. The number of thiazole rings is 1. The van der Waals surface area contributed by atoms with Crippen molar-refractivity contribution in [2.75, 3.05) is 32.1 Å². The van der Waals surface area contributed by atoms with Gasteiger partial charge in [0.1, 0.15) is 0 Å². The largest absolute Gasteiger partial charge is 0.308 e. The molecule has 0 aliphatic carbocycles. The lowest BCUT2D eigenvalue weighted by Crippen LogP contribution is -2.36. The molecule has 3 rings (SSSR count). The van der Waals surface area contributed by atoms with E-state index in [1.165, 1.54) is 11.3 Å². The number of anilines is 1. The van der Waals surface area contributed by atoms with E-state index in [9.17, 15) is 4.79 Å². The molecule has 0 aliphatic heterocycles. The fourth-order valence-corrected chi connectivity index (χ4v) is 4.02. The van der Waals surface area contributed by atoms with Crippen molar-refractivity contribution in [1.82, 2.24) is 9.88 Å². The molecule has 0 fully saturated rings. The van der Waals surface area contributed by atoms with E-state index >= 15 is 0 Å².